The van der Waals surface area contributed by atoms with Crippen LogP contribution in [0.15, 0.2) is 0 Å². The van der Waals surface area contributed by atoms with Gasteiger partial charge in [0.2, 0.25) is 0 Å². The molecule has 0 aliphatic rings. The third-order valence-electron chi connectivity index (χ3n) is 0.498. The fraction of sp³-hybridized carbons (Fsp3) is 0.800. The molecule has 0 saturated heterocycles. The van der Waals surface area contributed by atoms with Crippen molar-refractivity contribution >= 4 is 36.0 Å². The summed E-state index contributed by atoms with van der Waals surface area (Å²) >= 11 is 0. The van der Waals surface area contributed by atoms with Gasteiger partial charge in [-0.2, -0.15) is 0 Å². The average molecular weight is 126 g/mol. The number of carbonyl (C=O) groups excluding carboxylic acids is 1. The zero-order chi connectivity index (χ0) is 5.70. The van der Waals surface area contributed by atoms with Crippen LogP contribution in [-0.4, -0.2) is 42.6 Å². The molecule has 0 aromatic heterocycles. The predicted octanol–water partition coefficient (Wildman–Crippen LogP) is 0.167. The average Bonchev–Trinajstić information content (AvgIpc) is 1.61. The van der Waals surface area contributed by atoms with E-state index in [0.29, 0.717) is 19.0 Å². The Morgan fingerprint density at radius 1 is 1.62 bits per heavy atom. The minimum absolute atomic E-state index is 0. The molecule has 0 heterocycles. The topological polar surface area (TPSA) is 26.3 Å². The van der Waals surface area contributed by atoms with Crippen LogP contribution >= 0.6 is 0 Å². The summed E-state index contributed by atoms with van der Waals surface area (Å²) in [5.41, 5.74) is 0. The molecule has 0 atom stereocenters. The normalized spacial score (nSPS) is 7.88. The van der Waals surface area contributed by atoms with E-state index in [1.165, 1.54) is 0 Å². The monoisotopic (exact) mass is 126 g/mol. The molecular weight excluding hydrogens is 115 g/mol. The SMILES string of the molecule is CC(C)COC=O.[NaH]. The van der Waals surface area contributed by atoms with Crippen LogP contribution in [0.1, 0.15) is 13.8 Å². The summed E-state index contributed by atoms with van der Waals surface area (Å²) in [5.74, 6) is 0.449. The van der Waals surface area contributed by atoms with Crippen LogP contribution in [0.4, 0.5) is 0 Å². The van der Waals surface area contributed by atoms with Gasteiger partial charge in [0.1, 0.15) is 0 Å². The Bertz CT molecular complexity index is 54.4. The van der Waals surface area contributed by atoms with Crippen molar-refractivity contribution in [1.29, 1.82) is 0 Å². The number of ether oxygens (including phenoxy) is 1. The third-order valence-corrected chi connectivity index (χ3v) is 0.498. The summed E-state index contributed by atoms with van der Waals surface area (Å²) in [5, 5.41) is 0. The summed E-state index contributed by atoms with van der Waals surface area (Å²) < 4.78 is 4.41. The zero-order valence-electron chi connectivity index (χ0n) is 4.68. The molecule has 0 spiro atoms. The molecule has 0 rings (SSSR count). The van der Waals surface area contributed by atoms with E-state index in [1.807, 2.05) is 13.8 Å². The van der Waals surface area contributed by atoms with Crippen LogP contribution in [0.5, 0.6) is 0 Å². The van der Waals surface area contributed by atoms with Crippen LogP contribution in [0, 0.1) is 5.92 Å². The molecule has 0 aromatic carbocycles. The Kier molecular flexibility index (Phi) is 10.5. The Morgan fingerprint density at radius 2 is 2.12 bits per heavy atom. The van der Waals surface area contributed by atoms with E-state index in [9.17, 15) is 4.79 Å². The van der Waals surface area contributed by atoms with E-state index in [-0.39, 0.29) is 29.6 Å². The Morgan fingerprint density at radius 3 is 2.25 bits per heavy atom. The van der Waals surface area contributed by atoms with Crippen molar-refractivity contribution in [3.63, 3.8) is 0 Å². The Hall–Kier alpha value is 0.470. The Labute approximate surface area is 71.9 Å². The van der Waals surface area contributed by atoms with Gasteiger partial charge in [-0.15, -0.1) is 0 Å². The minimum atomic E-state index is 0. The predicted molar refractivity (Wildman–Crippen MR) is 34.0 cm³/mol. The van der Waals surface area contributed by atoms with Gasteiger partial charge < -0.3 is 4.74 Å². The van der Waals surface area contributed by atoms with Crippen molar-refractivity contribution in [3.05, 3.63) is 0 Å². The molecule has 0 bridgehead atoms. The molecule has 8 heavy (non-hydrogen) atoms. The Balaban J connectivity index is 0. The van der Waals surface area contributed by atoms with Crippen LogP contribution in [0.25, 0.3) is 0 Å². The first kappa shape index (κ1) is 11.3. The summed E-state index contributed by atoms with van der Waals surface area (Å²) in [4.78, 5) is 9.49. The molecule has 0 aliphatic heterocycles. The molecule has 0 fully saturated rings. The summed E-state index contributed by atoms with van der Waals surface area (Å²) in [6.07, 6.45) is 0. The van der Waals surface area contributed by atoms with Crippen LogP contribution in [0.2, 0.25) is 0 Å². The second-order valence-electron chi connectivity index (χ2n) is 1.82. The van der Waals surface area contributed by atoms with Crippen LogP contribution < -0.4 is 0 Å². The quantitative estimate of drug-likeness (QED) is 0.398. The van der Waals surface area contributed by atoms with E-state index in [0.717, 1.165) is 0 Å². The third kappa shape index (κ3) is 9.69. The van der Waals surface area contributed by atoms with Gasteiger partial charge in [0, 0.05) is 0 Å². The van der Waals surface area contributed by atoms with Gasteiger partial charge in [-0.1, -0.05) is 13.8 Å². The maximum atomic E-state index is 9.49. The van der Waals surface area contributed by atoms with E-state index in [4.69, 9.17) is 0 Å². The van der Waals surface area contributed by atoms with E-state index >= 15 is 0 Å². The molecule has 2 nitrogen and oxygen atoms in total. The second kappa shape index (κ2) is 7.47. The molecule has 0 aliphatic carbocycles. The second-order valence-corrected chi connectivity index (χ2v) is 1.82. The first-order chi connectivity index (χ1) is 3.27. The molecule has 0 unspecified atom stereocenters. The van der Waals surface area contributed by atoms with Crippen molar-refractivity contribution in [1.82, 2.24) is 0 Å². The van der Waals surface area contributed by atoms with Crippen LogP contribution in [-0.2, 0) is 9.53 Å². The van der Waals surface area contributed by atoms with Gasteiger partial charge in [0.25, 0.3) is 6.47 Å². The molecular formula is C5H11NaO2. The van der Waals surface area contributed by atoms with Gasteiger partial charge in [0.15, 0.2) is 0 Å². The summed E-state index contributed by atoms with van der Waals surface area (Å²) in [7, 11) is 0. The van der Waals surface area contributed by atoms with Crippen LogP contribution in [0.3, 0.4) is 0 Å². The molecule has 0 saturated carbocycles. The number of hydrogen-bond acceptors (Lipinski definition) is 2. The van der Waals surface area contributed by atoms with Crippen molar-refractivity contribution < 1.29 is 9.53 Å². The fourth-order valence-corrected chi connectivity index (χ4v) is 0.232. The molecule has 0 N–H and O–H groups in total. The van der Waals surface area contributed by atoms with Crippen molar-refractivity contribution in [2.24, 2.45) is 5.92 Å². The number of carbonyl (C=O) groups is 1. The molecule has 0 amide bonds. The molecule has 0 radical (unpaired) electrons. The first-order valence-corrected chi connectivity index (χ1v) is 2.32. The van der Waals surface area contributed by atoms with Gasteiger partial charge in [-0.3, -0.25) is 4.79 Å². The fourth-order valence-electron chi connectivity index (χ4n) is 0.232. The van der Waals surface area contributed by atoms with Gasteiger partial charge >= 0.3 is 29.6 Å². The van der Waals surface area contributed by atoms with Crippen molar-refractivity contribution in [2.75, 3.05) is 6.61 Å². The molecule has 44 valence electrons. The van der Waals surface area contributed by atoms with Gasteiger partial charge in [-0.25, -0.2) is 0 Å². The van der Waals surface area contributed by atoms with E-state index in [2.05, 4.69) is 4.74 Å². The van der Waals surface area contributed by atoms with Gasteiger partial charge in [0.05, 0.1) is 6.61 Å². The molecule has 3 heteroatoms. The van der Waals surface area contributed by atoms with Crippen molar-refractivity contribution in [3.8, 4) is 0 Å². The zero-order valence-corrected chi connectivity index (χ0v) is 4.68. The number of hydrogen-bond donors (Lipinski definition) is 0. The summed E-state index contributed by atoms with van der Waals surface area (Å²) in [6.45, 7) is 4.98. The van der Waals surface area contributed by atoms with E-state index in [1.54, 1.807) is 0 Å². The standard InChI is InChI=1S/C5H10O2.Na.H/c1-5(2)3-7-4-6;;/h4-5H,3H2,1-2H3;;. The van der Waals surface area contributed by atoms with Gasteiger partial charge in [-0.05, 0) is 5.92 Å². The maximum absolute atomic E-state index is 9.49. The number of rotatable bonds is 3. The molecule has 0 aromatic rings. The van der Waals surface area contributed by atoms with Crippen molar-refractivity contribution in [2.45, 2.75) is 13.8 Å². The van der Waals surface area contributed by atoms with E-state index < -0.39 is 0 Å². The summed E-state index contributed by atoms with van der Waals surface area (Å²) in [6, 6.07) is 0. The first-order valence-electron chi connectivity index (χ1n) is 2.32.